The number of amides is 2. The third kappa shape index (κ3) is 3.56. The molecular formula is C13H18N2O3. The zero-order valence-electron chi connectivity index (χ0n) is 10.8. The largest absolute Gasteiger partial charge is 0.394 e. The van der Waals surface area contributed by atoms with Crippen molar-refractivity contribution in [3.8, 4) is 0 Å². The molecule has 0 aliphatic rings. The van der Waals surface area contributed by atoms with Gasteiger partial charge in [0.05, 0.1) is 12.6 Å². The maximum absolute atomic E-state index is 12.0. The van der Waals surface area contributed by atoms with Crippen LogP contribution in [0.15, 0.2) is 24.3 Å². The Morgan fingerprint density at radius 2 is 1.89 bits per heavy atom. The smallest absolute Gasteiger partial charge is 0.253 e. The van der Waals surface area contributed by atoms with Crippen molar-refractivity contribution in [2.45, 2.75) is 19.9 Å². The molecule has 2 N–H and O–H groups in total. The van der Waals surface area contributed by atoms with E-state index >= 15 is 0 Å². The molecule has 0 aliphatic carbocycles. The van der Waals surface area contributed by atoms with Gasteiger partial charge in [0.1, 0.15) is 0 Å². The summed E-state index contributed by atoms with van der Waals surface area (Å²) >= 11 is 0. The fourth-order valence-corrected chi connectivity index (χ4v) is 1.43. The molecule has 0 heterocycles. The Morgan fingerprint density at radius 1 is 1.33 bits per heavy atom. The van der Waals surface area contributed by atoms with E-state index in [4.69, 9.17) is 5.11 Å². The van der Waals surface area contributed by atoms with Crippen LogP contribution in [0.1, 0.15) is 24.2 Å². The average Bonchev–Trinajstić information content (AvgIpc) is 2.36. The maximum Gasteiger partial charge on any atom is 0.253 e. The maximum atomic E-state index is 12.0. The van der Waals surface area contributed by atoms with E-state index in [0.29, 0.717) is 11.3 Å². The van der Waals surface area contributed by atoms with Gasteiger partial charge in [-0.2, -0.15) is 0 Å². The first-order chi connectivity index (χ1) is 8.45. The summed E-state index contributed by atoms with van der Waals surface area (Å²) in [5.41, 5.74) is 1.17. The number of aliphatic hydroxyl groups is 1. The van der Waals surface area contributed by atoms with Gasteiger partial charge in [-0.05, 0) is 31.2 Å². The second-order valence-corrected chi connectivity index (χ2v) is 4.21. The number of aliphatic hydroxyl groups excluding tert-OH is 1. The lowest BCUT2D eigenvalue weighted by Crippen LogP contribution is -2.37. The van der Waals surface area contributed by atoms with Gasteiger partial charge in [0, 0.05) is 25.2 Å². The van der Waals surface area contributed by atoms with Gasteiger partial charge in [0.15, 0.2) is 0 Å². The molecule has 0 saturated heterocycles. The summed E-state index contributed by atoms with van der Waals surface area (Å²) in [5.74, 6) is -0.314. The lowest BCUT2D eigenvalue weighted by atomic mass is 10.1. The van der Waals surface area contributed by atoms with Crippen LogP contribution >= 0.6 is 0 Å². The van der Waals surface area contributed by atoms with Crippen LogP contribution in [0.2, 0.25) is 0 Å². The highest BCUT2D eigenvalue weighted by Gasteiger charge is 2.16. The van der Waals surface area contributed by atoms with Crippen molar-refractivity contribution in [3.05, 3.63) is 29.8 Å². The Balaban J connectivity index is 2.78. The van der Waals surface area contributed by atoms with Crippen LogP contribution in [0.4, 0.5) is 5.69 Å². The van der Waals surface area contributed by atoms with Gasteiger partial charge in [-0.1, -0.05) is 0 Å². The SMILES string of the molecule is CC(=O)Nc1ccc(C(=O)N(C)C(C)CO)cc1. The molecule has 5 nitrogen and oxygen atoms in total. The zero-order chi connectivity index (χ0) is 13.7. The molecule has 0 aromatic heterocycles. The monoisotopic (exact) mass is 250 g/mol. The van der Waals surface area contributed by atoms with Gasteiger partial charge in [-0.15, -0.1) is 0 Å². The normalized spacial score (nSPS) is 11.8. The molecule has 0 radical (unpaired) electrons. The van der Waals surface area contributed by atoms with E-state index in [-0.39, 0.29) is 24.5 Å². The van der Waals surface area contributed by atoms with Crippen LogP contribution in [-0.4, -0.2) is 41.5 Å². The highest BCUT2D eigenvalue weighted by Crippen LogP contribution is 2.12. The third-order valence-electron chi connectivity index (χ3n) is 2.70. The van der Waals surface area contributed by atoms with Gasteiger partial charge >= 0.3 is 0 Å². The predicted molar refractivity (Wildman–Crippen MR) is 69.4 cm³/mol. The minimum Gasteiger partial charge on any atom is -0.394 e. The quantitative estimate of drug-likeness (QED) is 0.840. The van der Waals surface area contributed by atoms with Crippen LogP contribution in [-0.2, 0) is 4.79 Å². The van der Waals surface area contributed by atoms with E-state index in [9.17, 15) is 9.59 Å². The van der Waals surface area contributed by atoms with Crippen molar-refractivity contribution >= 4 is 17.5 Å². The Morgan fingerprint density at radius 3 is 2.33 bits per heavy atom. The van der Waals surface area contributed by atoms with Crippen LogP contribution in [0.25, 0.3) is 0 Å². The molecule has 1 aromatic rings. The Labute approximate surface area is 106 Å². The number of hydrogen-bond acceptors (Lipinski definition) is 3. The molecule has 1 rings (SSSR count). The summed E-state index contributed by atoms with van der Waals surface area (Å²) < 4.78 is 0. The number of likely N-dealkylation sites (N-methyl/N-ethyl adjacent to an activating group) is 1. The van der Waals surface area contributed by atoms with E-state index in [0.717, 1.165) is 0 Å². The van der Waals surface area contributed by atoms with Crippen LogP contribution in [0, 0.1) is 0 Å². The first kappa shape index (κ1) is 14.2. The second-order valence-electron chi connectivity index (χ2n) is 4.21. The molecule has 1 unspecified atom stereocenters. The third-order valence-corrected chi connectivity index (χ3v) is 2.70. The summed E-state index contributed by atoms with van der Waals surface area (Å²) in [4.78, 5) is 24.3. The summed E-state index contributed by atoms with van der Waals surface area (Å²) in [6.45, 7) is 3.12. The van der Waals surface area contributed by atoms with Crippen LogP contribution in [0.3, 0.4) is 0 Å². The molecule has 98 valence electrons. The predicted octanol–water partition coefficient (Wildman–Crippen LogP) is 1.10. The minimum atomic E-state index is -0.229. The Bertz CT molecular complexity index is 428. The number of nitrogens with one attached hydrogen (secondary N) is 1. The lowest BCUT2D eigenvalue weighted by molar-refractivity contribution is -0.114. The Hall–Kier alpha value is -1.88. The summed E-state index contributed by atoms with van der Waals surface area (Å²) in [6.07, 6.45) is 0. The van der Waals surface area contributed by atoms with Crippen molar-refractivity contribution in [2.75, 3.05) is 19.0 Å². The topological polar surface area (TPSA) is 69.6 Å². The van der Waals surface area contributed by atoms with Crippen LogP contribution in [0.5, 0.6) is 0 Å². The van der Waals surface area contributed by atoms with Gasteiger partial charge in [0.25, 0.3) is 5.91 Å². The number of nitrogens with zero attached hydrogens (tertiary/aromatic N) is 1. The first-order valence-corrected chi connectivity index (χ1v) is 5.71. The molecule has 2 amide bonds. The number of anilines is 1. The van der Waals surface area contributed by atoms with Crippen molar-refractivity contribution in [1.29, 1.82) is 0 Å². The summed E-state index contributed by atoms with van der Waals surface area (Å²) in [7, 11) is 1.64. The van der Waals surface area contributed by atoms with Crippen molar-refractivity contribution in [2.24, 2.45) is 0 Å². The first-order valence-electron chi connectivity index (χ1n) is 5.71. The van der Waals surface area contributed by atoms with E-state index in [1.165, 1.54) is 11.8 Å². The number of carbonyl (C=O) groups excluding carboxylic acids is 2. The standard InChI is InChI=1S/C13H18N2O3/c1-9(8-16)15(3)13(18)11-4-6-12(7-5-11)14-10(2)17/h4-7,9,16H,8H2,1-3H3,(H,14,17). The second kappa shape index (κ2) is 6.16. The average molecular weight is 250 g/mol. The van der Waals surface area contributed by atoms with Gasteiger partial charge in [-0.25, -0.2) is 0 Å². The summed E-state index contributed by atoms with van der Waals surface area (Å²) in [6, 6.07) is 6.41. The molecule has 5 heteroatoms. The zero-order valence-corrected chi connectivity index (χ0v) is 10.8. The molecule has 0 aliphatic heterocycles. The molecule has 0 bridgehead atoms. The highest BCUT2D eigenvalue weighted by atomic mass is 16.3. The number of carbonyl (C=O) groups is 2. The van der Waals surface area contributed by atoms with E-state index in [1.54, 1.807) is 38.2 Å². The van der Waals surface area contributed by atoms with Crippen molar-refractivity contribution in [3.63, 3.8) is 0 Å². The fraction of sp³-hybridized carbons (Fsp3) is 0.385. The Kier molecular flexibility index (Phi) is 4.85. The molecule has 1 aromatic carbocycles. The minimum absolute atomic E-state index is 0.0772. The van der Waals surface area contributed by atoms with Gasteiger partial charge in [-0.3, -0.25) is 9.59 Å². The number of benzene rings is 1. The molecule has 1 atom stereocenters. The molecule has 0 spiro atoms. The number of hydrogen-bond donors (Lipinski definition) is 2. The molecule has 0 saturated carbocycles. The van der Waals surface area contributed by atoms with E-state index < -0.39 is 0 Å². The van der Waals surface area contributed by atoms with Gasteiger partial charge < -0.3 is 15.3 Å². The molecular weight excluding hydrogens is 232 g/mol. The summed E-state index contributed by atoms with van der Waals surface area (Å²) in [5, 5.41) is 11.6. The highest BCUT2D eigenvalue weighted by molar-refractivity contribution is 5.95. The molecule has 18 heavy (non-hydrogen) atoms. The van der Waals surface area contributed by atoms with Crippen molar-refractivity contribution < 1.29 is 14.7 Å². The van der Waals surface area contributed by atoms with E-state index in [2.05, 4.69) is 5.32 Å². The van der Waals surface area contributed by atoms with E-state index in [1.807, 2.05) is 0 Å². The number of rotatable bonds is 4. The van der Waals surface area contributed by atoms with Gasteiger partial charge in [0.2, 0.25) is 5.91 Å². The van der Waals surface area contributed by atoms with Crippen molar-refractivity contribution in [1.82, 2.24) is 4.90 Å². The molecule has 0 fully saturated rings. The fourth-order valence-electron chi connectivity index (χ4n) is 1.43. The van der Waals surface area contributed by atoms with Crippen LogP contribution < -0.4 is 5.32 Å². The lowest BCUT2D eigenvalue weighted by Gasteiger charge is -2.23.